The zero-order chi connectivity index (χ0) is 10.3. The van der Waals surface area contributed by atoms with Crippen LogP contribution in [0.25, 0.3) is 0 Å². The Balaban J connectivity index is 2.38. The lowest BCUT2D eigenvalue weighted by atomic mass is 9.87. The molecule has 1 aromatic carbocycles. The minimum absolute atomic E-state index is 0.103. The Hall–Kier alpha value is -1.22. The van der Waals surface area contributed by atoms with Gasteiger partial charge in [0.15, 0.2) is 0 Å². The van der Waals surface area contributed by atoms with Crippen molar-refractivity contribution in [2.45, 2.75) is 32.6 Å². The zero-order valence-corrected chi connectivity index (χ0v) is 8.66. The Bertz CT molecular complexity index is 355. The van der Waals surface area contributed by atoms with Crippen molar-refractivity contribution in [2.75, 3.05) is 5.32 Å². The van der Waals surface area contributed by atoms with Crippen LogP contribution in [0.2, 0.25) is 0 Å². The molecule has 2 rings (SSSR count). The largest absolute Gasteiger partial charge is 0.445 e. The summed E-state index contributed by atoms with van der Waals surface area (Å²) in [5.74, 6) is 0.727. The van der Waals surface area contributed by atoms with Gasteiger partial charge in [0, 0.05) is 0 Å². The minimum Gasteiger partial charge on any atom is -0.445 e. The molecule has 0 aliphatic carbocycles. The van der Waals surface area contributed by atoms with Crippen molar-refractivity contribution in [2.24, 2.45) is 0 Å². The van der Waals surface area contributed by atoms with Gasteiger partial charge in [-0.1, -0.05) is 26.8 Å². The highest BCUT2D eigenvalue weighted by Crippen LogP contribution is 2.35. The SMILES string of the molecule is CC(C)(C)c1ccc2c(c1)OC(O)N2. The fourth-order valence-electron chi connectivity index (χ4n) is 1.49. The quantitative estimate of drug-likeness (QED) is 0.662. The first kappa shape index (κ1) is 9.34. The Morgan fingerprint density at radius 3 is 2.71 bits per heavy atom. The lowest BCUT2D eigenvalue weighted by Gasteiger charge is -2.19. The Morgan fingerprint density at radius 1 is 1.36 bits per heavy atom. The monoisotopic (exact) mass is 193 g/mol. The Labute approximate surface area is 83.7 Å². The number of fused-ring (bicyclic) bond motifs is 1. The van der Waals surface area contributed by atoms with Crippen molar-refractivity contribution in [1.82, 2.24) is 0 Å². The second-order valence-electron chi connectivity index (χ2n) is 4.58. The summed E-state index contributed by atoms with van der Waals surface area (Å²) in [6, 6.07) is 5.96. The van der Waals surface area contributed by atoms with Gasteiger partial charge in [0.25, 0.3) is 6.41 Å². The molecule has 0 saturated carbocycles. The normalized spacial score (nSPS) is 19.9. The second-order valence-corrected chi connectivity index (χ2v) is 4.58. The van der Waals surface area contributed by atoms with Crippen LogP contribution in [-0.2, 0) is 5.41 Å². The molecule has 1 aliphatic rings. The van der Waals surface area contributed by atoms with Crippen LogP contribution >= 0.6 is 0 Å². The fourth-order valence-corrected chi connectivity index (χ4v) is 1.49. The average molecular weight is 193 g/mol. The second kappa shape index (κ2) is 2.89. The third kappa shape index (κ3) is 1.55. The molecule has 0 fully saturated rings. The topological polar surface area (TPSA) is 41.5 Å². The first-order valence-electron chi connectivity index (χ1n) is 4.72. The van der Waals surface area contributed by atoms with Gasteiger partial charge in [-0.3, -0.25) is 0 Å². The molecule has 3 nitrogen and oxygen atoms in total. The zero-order valence-electron chi connectivity index (χ0n) is 8.66. The van der Waals surface area contributed by atoms with Crippen LogP contribution < -0.4 is 10.1 Å². The van der Waals surface area contributed by atoms with Gasteiger partial charge in [0.05, 0.1) is 5.69 Å². The van der Waals surface area contributed by atoms with Gasteiger partial charge in [0.2, 0.25) is 0 Å². The first-order valence-corrected chi connectivity index (χ1v) is 4.72. The number of ether oxygens (including phenoxy) is 1. The maximum Gasteiger partial charge on any atom is 0.279 e. The summed E-state index contributed by atoms with van der Waals surface area (Å²) in [6.07, 6.45) is -0.903. The van der Waals surface area contributed by atoms with E-state index in [4.69, 9.17) is 4.74 Å². The van der Waals surface area contributed by atoms with E-state index in [1.165, 1.54) is 5.56 Å². The number of benzene rings is 1. The number of hydrogen-bond acceptors (Lipinski definition) is 3. The minimum atomic E-state index is -0.903. The molecule has 0 bridgehead atoms. The first-order chi connectivity index (χ1) is 6.47. The highest BCUT2D eigenvalue weighted by Gasteiger charge is 2.22. The molecular weight excluding hydrogens is 178 g/mol. The number of anilines is 1. The smallest absolute Gasteiger partial charge is 0.279 e. The van der Waals surface area contributed by atoms with Crippen molar-refractivity contribution in [3.05, 3.63) is 23.8 Å². The van der Waals surface area contributed by atoms with E-state index >= 15 is 0 Å². The number of rotatable bonds is 0. The summed E-state index contributed by atoms with van der Waals surface area (Å²) >= 11 is 0. The maximum atomic E-state index is 9.21. The van der Waals surface area contributed by atoms with E-state index in [0.29, 0.717) is 0 Å². The molecule has 1 heterocycles. The summed E-state index contributed by atoms with van der Waals surface area (Å²) in [5, 5.41) is 12.0. The van der Waals surface area contributed by atoms with E-state index in [9.17, 15) is 5.11 Å². The van der Waals surface area contributed by atoms with Gasteiger partial charge in [-0.2, -0.15) is 0 Å². The molecule has 2 N–H and O–H groups in total. The third-order valence-corrected chi connectivity index (χ3v) is 2.37. The molecule has 76 valence electrons. The van der Waals surface area contributed by atoms with Crippen LogP contribution in [0, 0.1) is 0 Å². The summed E-state index contributed by atoms with van der Waals surface area (Å²) in [7, 11) is 0. The average Bonchev–Trinajstić information content (AvgIpc) is 2.41. The van der Waals surface area contributed by atoms with Crippen LogP contribution in [0.5, 0.6) is 5.75 Å². The molecule has 14 heavy (non-hydrogen) atoms. The fraction of sp³-hybridized carbons (Fsp3) is 0.455. The molecule has 0 amide bonds. The maximum absolute atomic E-state index is 9.21. The van der Waals surface area contributed by atoms with E-state index in [1.54, 1.807) is 0 Å². The molecule has 1 aliphatic heterocycles. The summed E-state index contributed by atoms with van der Waals surface area (Å²) in [6.45, 7) is 6.44. The van der Waals surface area contributed by atoms with E-state index in [1.807, 2.05) is 18.2 Å². The molecule has 1 aromatic rings. The van der Waals surface area contributed by atoms with Crippen LogP contribution in [-0.4, -0.2) is 11.5 Å². The molecule has 1 atom stereocenters. The van der Waals surface area contributed by atoms with E-state index in [0.717, 1.165) is 11.4 Å². The van der Waals surface area contributed by atoms with Gasteiger partial charge >= 0.3 is 0 Å². The van der Waals surface area contributed by atoms with Crippen LogP contribution in [0.1, 0.15) is 26.3 Å². The van der Waals surface area contributed by atoms with Crippen LogP contribution in [0.15, 0.2) is 18.2 Å². The number of aliphatic hydroxyl groups excluding tert-OH is 1. The lowest BCUT2D eigenvalue weighted by Crippen LogP contribution is -2.18. The number of aliphatic hydroxyl groups is 1. The molecule has 0 radical (unpaired) electrons. The van der Waals surface area contributed by atoms with Gasteiger partial charge in [0.1, 0.15) is 5.75 Å². The molecule has 1 unspecified atom stereocenters. The number of hydrogen-bond donors (Lipinski definition) is 2. The highest BCUT2D eigenvalue weighted by atomic mass is 16.6. The highest BCUT2D eigenvalue weighted by molar-refractivity contribution is 5.61. The summed E-state index contributed by atoms with van der Waals surface area (Å²) in [5.41, 5.74) is 2.16. The predicted molar refractivity (Wildman–Crippen MR) is 55.4 cm³/mol. The molecule has 0 saturated heterocycles. The van der Waals surface area contributed by atoms with E-state index < -0.39 is 6.41 Å². The van der Waals surface area contributed by atoms with Crippen molar-refractivity contribution >= 4 is 5.69 Å². The Morgan fingerprint density at radius 2 is 2.07 bits per heavy atom. The van der Waals surface area contributed by atoms with E-state index in [2.05, 4.69) is 26.1 Å². The van der Waals surface area contributed by atoms with E-state index in [-0.39, 0.29) is 5.41 Å². The van der Waals surface area contributed by atoms with Gasteiger partial charge in [-0.05, 0) is 23.1 Å². The molecule has 3 heteroatoms. The Kier molecular flexibility index (Phi) is 1.93. The van der Waals surface area contributed by atoms with Crippen LogP contribution in [0.3, 0.4) is 0 Å². The summed E-state index contributed by atoms with van der Waals surface area (Å²) < 4.78 is 5.19. The molecule has 0 spiro atoms. The van der Waals surface area contributed by atoms with Crippen LogP contribution in [0.4, 0.5) is 5.69 Å². The molecular formula is C11H15NO2. The predicted octanol–water partition coefficient (Wildman–Crippen LogP) is 2.06. The van der Waals surface area contributed by atoms with Gasteiger partial charge < -0.3 is 15.2 Å². The van der Waals surface area contributed by atoms with Crippen molar-refractivity contribution in [1.29, 1.82) is 0 Å². The number of nitrogens with one attached hydrogen (secondary N) is 1. The molecule has 0 aromatic heterocycles. The van der Waals surface area contributed by atoms with Gasteiger partial charge in [-0.25, -0.2) is 0 Å². The van der Waals surface area contributed by atoms with Crippen molar-refractivity contribution < 1.29 is 9.84 Å². The standard InChI is InChI=1S/C11H15NO2/c1-11(2,3)7-4-5-8-9(6-7)14-10(13)12-8/h4-6,10,12-13H,1-3H3. The summed E-state index contributed by atoms with van der Waals surface area (Å²) in [4.78, 5) is 0. The lowest BCUT2D eigenvalue weighted by molar-refractivity contribution is 0.0210. The van der Waals surface area contributed by atoms with Gasteiger partial charge in [-0.15, -0.1) is 0 Å². The van der Waals surface area contributed by atoms with Crippen molar-refractivity contribution in [3.63, 3.8) is 0 Å². The van der Waals surface area contributed by atoms with Crippen molar-refractivity contribution in [3.8, 4) is 5.75 Å². The third-order valence-electron chi connectivity index (χ3n) is 2.37.